The predicted molar refractivity (Wildman–Crippen MR) is 119 cm³/mol. The highest BCUT2D eigenvalue weighted by Crippen LogP contribution is 2.49. The average molecular weight is 439 g/mol. The highest BCUT2D eigenvalue weighted by molar-refractivity contribution is 7.48. The summed E-state index contributed by atoms with van der Waals surface area (Å²) in [7, 11) is -3.56. The summed E-state index contributed by atoms with van der Waals surface area (Å²) in [6.07, 6.45) is 9.46. The number of unbranched alkanes of at least 4 members (excludes halogenated alkanes) is 2. The zero-order valence-electron chi connectivity index (χ0n) is 19.7. The molecule has 0 aromatic heterocycles. The Bertz CT molecular complexity index is 363. The first kappa shape index (κ1) is 29.0. The van der Waals surface area contributed by atoms with Crippen molar-refractivity contribution in [1.29, 1.82) is 0 Å². The molecule has 0 aliphatic carbocycles. The van der Waals surface area contributed by atoms with E-state index in [4.69, 9.17) is 23.0 Å². The first-order valence-electron chi connectivity index (χ1n) is 11.7. The second-order valence-corrected chi connectivity index (χ2v) is 9.18. The third-order valence-corrected chi connectivity index (χ3v) is 6.61. The van der Waals surface area contributed by atoms with Gasteiger partial charge in [0.2, 0.25) is 0 Å². The summed E-state index contributed by atoms with van der Waals surface area (Å²) in [5.41, 5.74) is 0. The summed E-state index contributed by atoms with van der Waals surface area (Å²) < 4.78 is 40.0. The van der Waals surface area contributed by atoms with Crippen molar-refractivity contribution in [3.8, 4) is 0 Å². The van der Waals surface area contributed by atoms with Crippen LogP contribution >= 0.6 is 7.82 Å². The molecule has 0 aliphatic rings. The minimum absolute atomic E-state index is 0.192. The van der Waals surface area contributed by atoms with Gasteiger partial charge in [0, 0.05) is 13.2 Å². The number of rotatable bonds is 22. The monoisotopic (exact) mass is 438 g/mol. The Morgan fingerprint density at radius 2 is 1.10 bits per heavy atom. The average Bonchev–Trinajstić information content (AvgIpc) is 2.72. The zero-order valence-corrected chi connectivity index (χ0v) is 20.6. The van der Waals surface area contributed by atoms with Crippen LogP contribution in [0.15, 0.2) is 0 Å². The zero-order chi connectivity index (χ0) is 21.8. The van der Waals surface area contributed by atoms with Gasteiger partial charge in [-0.25, -0.2) is 4.57 Å². The normalized spacial score (nSPS) is 15.9. The van der Waals surface area contributed by atoms with Crippen LogP contribution in [0.3, 0.4) is 0 Å². The summed E-state index contributed by atoms with van der Waals surface area (Å²) in [4.78, 5) is 0. The van der Waals surface area contributed by atoms with Gasteiger partial charge in [-0.1, -0.05) is 66.2 Å². The highest BCUT2D eigenvalue weighted by Gasteiger charge is 2.25. The first-order chi connectivity index (χ1) is 14.0. The Balaban J connectivity index is 4.02. The van der Waals surface area contributed by atoms with Gasteiger partial charge in [-0.15, -0.1) is 0 Å². The second-order valence-electron chi connectivity index (χ2n) is 7.51. The van der Waals surface area contributed by atoms with E-state index in [1.54, 1.807) is 6.92 Å². The van der Waals surface area contributed by atoms with Crippen molar-refractivity contribution >= 4 is 7.82 Å². The molecule has 29 heavy (non-hydrogen) atoms. The summed E-state index contributed by atoms with van der Waals surface area (Å²) in [5.74, 6) is 1.15. The summed E-state index contributed by atoms with van der Waals surface area (Å²) >= 11 is 0. The van der Waals surface area contributed by atoms with E-state index in [-0.39, 0.29) is 19.8 Å². The molecule has 0 radical (unpaired) electrons. The molecule has 176 valence electrons. The van der Waals surface area contributed by atoms with Crippen LogP contribution in [0.25, 0.3) is 0 Å². The van der Waals surface area contributed by atoms with Gasteiger partial charge in [0.25, 0.3) is 0 Å². The molecule has 0 heterocycles. The van der Waals surface area contributed by atoms with Crippen molar-refractivity contribution < 1.29 is 27.6 Å². The van der Waals surface area contributed by atoms with Crippen molar-refractivity contribution in [1.82, 2.24) is 0 Å². The van der Waals surface area contributed by atoms with Crippen molar-refractivity contribution in [2.45, 2.75) is 86.0 Å². The Morgan fingerprint density at radius 1 is 0.655 bits per heavy atom. The molecule has 0 rings (SSSR count). The number of phosphoric acid groups is 1. The molecule has 2 atom stereocenters. The van der Waals surface area contributed by atoms with Gasteiger partial charge in [0.15, 0.2) is 0 Å². The lowest BCUT2D eigenvalue weighted by molar-refractivity contribution is 0.0326. The first-order valence-corrected chi connectivity index (χ1v) is 13.2. The lowest BCUT2D eigenvalue weighted by Crippen LogP contribution is -2.14. The van der Waals surface area contributed by atoms with Crippen LogP contribution in [0.5, 0.6) is 0 Å². The molecule has 0 aromatic carbocycles. The largest absolute Gasteiger partial charge is 0.474 e. The van der Waals surface area contributed by atoms with Crippen LogP contribution in [0.4, 0.5) is 0 Å². The topological polar surface area (TPSA) is 63.2 Å². The van der Waals surface area contributed by atoms with E-state index in [0.717, 1.165) is 12.8 Å². The van der Waals surface area contributed by atoms with Gasteiger partial charge >= 0.3 is 7.82 Å². The molecule has 7 heteroatoms. The van der Waals surface area contributed by atoms with Crippen LogP contribution in [-0.2, 0) is 27.6 Å². The number of hydrogen-bond donors (Lipinski definition) is 0. The van der Waals surface area contributed by atoms with E-state index < -0.39 is 7.82 Å². The molecule has 6 nitrogen and oxygen atoms in total. The lowest BCUT2D eigenvalue weighted by Gasteiger charge is -2.19. The van der Waals surface area contributed by atoms with E-state index in [0.29, 0.717) is 38.3 Å². The van der Waals surface area contributed by atoms with Gasteiger partial charge < -0.3 is 9.47 Å². The van der Waals surface area contributed by atoms with Gasteiger partial charge in [0.1, 0.15) is 0 Å². The molecular weight excluding hydrogens is 391 g/mol. The third-order valence-electron chi connectivity index (χ3n) is 5.04. The highest BCUT2D eigenvalue weighted by atomic mass is 31.2. The molecule has 2 unspecified atom stereocenters. The van der Waals surface area contributed by atoms with Crippen LogP contribution in [0.1, 0.15) is 86.0 Å². The Labute approximate surface area is 180 Å². The second kappa shape index (κ2) is 20.0. The molecule has 0 amide bonds. The van der Waals surface area contributed by atoms with E-state index in [1.807, 2.05) is 0 Å². The maximum absolute atomic E-state index is 12.6. The minimum Gasteiger partial charge on any atom is -0.379 e. The maximum Gasteiger partial charge on any atom is 0.474 e. The van der Waals surface area contributed by atoms with Gasteiger partial charge in [-0.05, 0) is 31.6 Å². The lowest BCUT2D eigenvalue weighted by atomic mass is 10.0. The molecule has 0 aliphatic heterocycles. The molecule has 0 spiro atoms. The molecule has 0 bridgehead atoms. The molecular formula is C22H47O6P. The Hall–Kier alpha value is 0.0300. The van der Waals surface area contributed by atoms with E-state index in [1.165, 1.54) is 38.5 Å². The molecule has 0 aromatic rings. The van der Waals surface area contributed by atoms with E-state index in [2.05, 4.69) is 27.7 Å². The number of ether oxygens (including phenoxy) is 2. The standard InChI is InChI=1S/C22H47O6P/c1-6-11-13-21(8-3)19-24-15-17-27-29(23,26-10-5)28-18-16-25-20-22(9-4)14-12-7-2/h21-22H,6-20H2,1-5H3. The SMILES string of the molecule is CCCCC(CC)COCCOP(=O)(OCC)OCCOCC(CC)CCCC. The molecule has 0 fully saturated rings. The number of phosphoric ester groups is 1. The van der Waals surface area contributed by atoms with Crippen molar-refractivity contribution in [2.24, 2.45) is 11.8 Å². The van der Waals surface area contributed by atoms with Crippen LogP contribution < -0.4 is 0 Å². The van der Waals surface area contributed by atoms with Crippen molar-refractivity contribution in [2.75, 3.05) is 46.2 Å². The Kier molecular flexibility index (Phi) is 20.0. The Morgan fingerprint density at radius 3 is 1.45 bits per heavy atom. The molecule has 0 saturated heterocycles. The van der Waals surface area contributed by atoms with Crippen molar-refractivity contribution in [3.05, 3.63) is 0 Å². The molecule has 0 N–H and O–H groups in total. The summed E-state index contributed by atoms with van der Waals surface area (Å²) in [6.45, 7) is 13.4. The van der Waals surface area contributed by atoms with Gasteiger partial charge in [-0.2, -0.15) is 0 Å². The van der Waals surface area contributed by atoms with Crippen LogP contribution in [-0.4, -0.2) is 46.2 Å². The van der Waals surface area contributed by atoms with Gasteiger partial charge in [-0.3, -0.25) is 13.6 Å². The van der Waals surface area contributed by atoms with Crippen molar-refractivity contribution in [3.63, 3.8) is 0 Å². The quantitative estimate of drug-likeness (QED) is 0.140. The minimum atomic E-state index is -3.56. The predicted octanol–water partition coefficient (Wildman–Crippen LogP) is 6.63. The van der Waals surface area contributed by atoms with Crippen LogP contribution in [0.2, 0.25) is 0 Å². The number of hydrogen-bond acceptors (Lipinski definition) is 6. The van der Waals surface area contributed by atoms with Gasteiger partial charge in [0.05, 0.1) is 33.0 Å². The fourth-order valence-corrected chi connectivity index (χ4v) is 4.12. The summed E-state index contributed by atoms with van der Waals surface area (Å²) in [6, 6.07) is 0. The fraction of sp³-hybridized carbons (Fsp3) is 1.00. The van der Waals surface area contributed by atoms with E-state index in [9.17, 15) is 4.57 Å². The van der Waals surface area contributed by atoms with Crippen LogP contribution in [0, 0.1) is 11.8 Å². The maximum atomic E-state index is 12.6. The molecule has 0 saturated carbocycles. The fourth-order valence-electron chi connectivity index (χ4n) is 2.98. The third kappa shape index (κ3) is 16.4. The summed E-state index contributed by atoms with van der Waals surface area (Å²) in [5, 5.41) is 0. The van der Waals surface area contributed by atoms with E-state index >= 15 is 0 Å². The smallest absolute Gasteiger partial charge is 0.379 e.